The number of rotatable bonds is 9. The number of hydrogen-bond donors (Lipinski definition) is 2. The molecule has 1 saturated carbocycles. The summed E-state index contributed by atoms with van der Waals surface area (Å²) in [6.45, 7) is 1.82. The van der Waals surface area contributed by atoms with E-state index in [1.54, 1.807) is 6.20 Å². The van der Waals surface area contributed by atoms with Crippen molar-refractivity contribution in [1.82, 2.24) is 30.3 Å². The molecule has 2 heterocycles. The molecule has 0 aliphatic heterocycles. The van der Waals surface area contributed by atoms with E-state index in [-0.39, 0.29) is 17.9 Å². The molecule has 8 nitrogen and oxygen atoms in total. The highest BCUT2D eigenvalue weighted by molar-refractivity contribution is 7.20. The van der Waals surface area contributed by atoms with Crippen LogP contribution in [0.1, 0.15) is 38.6 Å². The second-order valence-corrected chi connectivity index (χ2v) is 10.1. The van der Waals surface area contributed by atoms with E-state index in [0.29, 0.717) is 23.7 Å². The van der Waals surface area contributed by atoms with Crippen molar-refractivity contribution in [2.45, 2.75) is 25.4 Å². The fourth-order valence-electron chi connectivity index (χ4n) is 3.98. The third-order valence-corrected chi connectivity index (χ3v) is 7.04. The van der Waals surface area contributed by atoms with Gasteiger partial charge in [0.2, 0.25) is 0 Å². The number of nitrogens with one attached hydrogen (secondary N) is 2. The average molecular weight is 489 g/mol. The van der Waals surface area contributed by atoms with Gasteiger partial charge in [-0.2, -0.15) is 5.10 Å². The third-order valence-electron chi connectivity index (χ3n) is 6.04. The van der Waals surface area contributed by atoms with Crippen LogP contribution in [-0.4, -0.2) is 70.0 Å². The van der Waals surface area contributed by atoms with Crippen LogP contribution in [0.15, 0.2) is 54.9 Å². The summed E-state index contributed by atoms with van der Waals surface area (Å²) in [6, 6.07) is 13.7. The van der Waals surface area contributed by atoms with E-state index in [1.807, 2.05) is 66.5 Å². The molecule has 1 aliphatic carbocycles. The quantitative estimate of drug-likeness (QED) is 0.374. The maximum absolute atomic E-state index is 13.5. The molecule has 0 bridgehead atoms. The molecule has 0 spiro atoms. The number of aromatic amines is 1. The van der Waals surface area contributed by atoms with E-state index in [9.17, 15) is 9.59 Å². The van der Waals surface area contributed by atoms with Crippen molar-refractivity contribution in [3.8, 4) is 11.1 Å². The molecule has 5 rings (SSSR count). The van der Waals surface area contributed by atoms with Gasteiger partial charge in [0.15, 0.2) is 5.01 Å². The summed E-state index contributed by atoms with van der Waals surface area (Å²) >= 11 is 1.42. The average Bonchev–Trinajstić information content (AvgIpc) is 3.36. The van der Waals surface area contributed by atoms with E-state index in [0.717, 1.165) is 46.3 Å². The van der Waals surface area contributed by atoms with E-state index < -0.39 is 0 Å². The molecule has 0 unspecified atom stereocenters. The number of carbonyl (C=O) groups is 2. The summed E-state index contributed by atoms with van der Waals surface area (Å²) in [6.07, 6.45) is 5.61. The predicted octanol–water partition coefficient (Wildman–Crippen LogP) is 3.78. The van der Waals surface area contributed by atoms with Gasteiger partial charge in [0.1, 0.15) is 0 Å². The van der Waals surface area contributed by atoms with Gasteiger partial charge < -0.3 is 15.1 Å². The summed E-state index contributed by atoms with van der Waals surface area (Å²) in [4.78, 5) is 34.6. The maximum atomic E-state index is 13.5. The van der Waals surface area contributed by atoms with E-state index in [1.165, 1.54) is 11.3 Å². The van der Waals surface area contributed by atoms with Gasteiger partial charge in [-0.1, -0.05) is 18.2 Å². The van der Waals surface area contributed by atoms with Gasteiger partial charge in [-0.15, -0.1) is 11.3 Å². The smallest absolute Gasteiger partial charge is 0.283 e. The summed E-state index contributed by atoms with van der Waals surface area (Å²) in [5, 5.41) is 10.3. The number of fused-ring (bicyclic) bond motifs is 1. The van der Waals surface area contributed by atoms with Crippen molar-refractivity contribution in [1.29, 1.82) is 0 Å². The lowest BCUT2D eigenvalue weighted by Gasteiger charge is -2.21. The zero-order valence-electron chi connectivity index (χ0n) is 19.8. The number of H-pyrrole nitrogens is 1. The lowest BCUT2D eigenvalue weighted by atomic mass is 10.1. The number of amides is 2. The zero-order valence-corrected chi connectivity index (χ0v) is 20.6. The first-order valence-corrected chi connectivity index (χ1v) is 12.5. The molecule has 35 heavy (non-hydrogen) atoms. The Morgan fingerprint density at radius 1 is 1.14 bits per heavy atom. The number of likely N-dealkylation sites (N-methyl/N-ethyl adjacent to an activating group) is 1. The molecule has 1 fully saturated rings. The van der Waals surface area contributed by atoms with E-state index in [4.69, 9.17) is 0 Å². The van der Waals surface area contributed by atoms with Crippen LogP contribution in [-0.2, 0) is 6.54 Å². The van der Waals surface area contributed by atoms with Crippen molar-refractivity contribution >= 4 is 33.4 Å². The van der Waals surface area contributed by atoms with Crippen LogP contribution in [0.2, 0.25) is 0 Å². The highest BCUT2D eigenvalue weighted by Crippen LogP contribution is 2.33. The fourth-order valence-corrected chi connectivity index (χ4v) is 4.94. The van der Waals surface area contributed by atoms with Gasteiger partial charge in [0.25, 0.3) is 11.8 Å². The lowest BCUT2D eigenvalue weighted by molar-refractivity contribution is 0.0729. The zero-order chi connectivity index (χ0) is 24.4. The number of hydrogen-bond acceptors (Lipinski definition) is 6. The minimum atomic E-state index is -0.0994. The first-order valence-electron chi connectivity index (χ1n) is 11.7. The highest BCUT2D eigenvalue weighted by atomic mass is 32.1. The first kappa shape index (κ1) is 23.2. The minimum absolute atomic E-state index is 0.0561. The normalized spacial score (nSPS) is 13.3. The van der Waals surface area contributed by atoms with E-state index in [2.05, 4.69) is 26.6 Å². The van der Waals surface area contributed by atoms with Crippen LogP contribution in [0.5, 0.6) is 0 Å². The third kappa shape index (κ3) is 5.41. The van der Waals surface area contributed by atoms with Gasteiger partial charge in [0, 0.05) is 43.0 Å². The Hall–Kier alpha value is -3.56. The van der Waals surface area contributed by atoms with E-state index >= 15 is 0 Å². The first-order chi connectivity index (χ1) is 17.0. The van der Waals surface area contributed by atoms with Gasteiger partial charge in [-0.3, -0.25) is 14.7 Å². The molecule has 2 aromatic heterocycles. The van der Waals surface area contributed by atoms with Crippen molar-refractivity contribution in [2.75, 3.05) is 27.2 Å². The molecule has 2 aromatic carbocycles. The summed E-state index contributed by atoms with van der Waals surface area (Å²) < 4.78 is 0.971. The molecule has 9 heteroatoms. The van der Waals surface area contributed by atoms with Crippen molar-refractivity contribution < 1.29 is 9.59 Å². The standard InChI is InChI=1S/C26H28N6O2S/c1-31(2)11-10-27-24(33)19-5-3-4-17(12-19)16-32(21-7-8-21)26(34)25-30-22-9-6-18(13-23(22)35-25)20-14-28-29-15-20/h3-6,9,12-15,21H,7-8,10-11,16H2,1-2H3,(H,27,33)(H,28,29). The minimum Gasteiger partial charge on any atom is -0.351 e. The number of thiazole rings is 1. The topological polar surface area (TPSA) is 94.2 Å². The van der Waals surface area contributed by atoms with Crippen LogP contribution in [0.3, 0.4) is 0 Å². The second-order valence-electron chi connectivity index (χ2n) is 9.11. The number of carbonyl (C=O) groups excluding carboxylic acids is 2. The Labute approximate surface area is 208 Å². The van der Waals surface area contributed by atoms with Gasteiger partial charge in [-0.05, 0) is 62.3 Å². The number of aromatic nitrogens is 3. The Kier molecular flexibility index (Phi) is 6.61. The largest absolute Gasteiger partial charge is 0.351 e. The summed E-state index contributed by atoms with van der Waals surface area (Å²) in [7, 11) is 3.94. The summed E-state index contributed by atoms with van der Waals surface area (Å²) in [5.41, 5.74) is 4.40. The van der Waals surface area contributed by atoms with Gasteiger partial charge in [0.05, 0.1) is 16.4 Å². The number of nitrogens with zero attached hydrogens (tertiary/aromatic N) is 4. The van der Waals surface area contributed by atoms with Crippen LogP contribution in [0, 0.1) is 0 Å². The monoisotopic (exact) mass is 488 g/mol. The highest BCUT2D eigenvalue weighted by Gasteiger charge is 2.34. The maximum Gasteiger partial charge on any atom is 0.283 e. The fraction of sp³-hybridized carbons (Fsp3) is 0.308. The molecule has 2 N–H and O–H groups in total. The molecule has 1 aliphatic rings. The second kappa shape index (κ2) is 9.97. The van der Waals surface area contributed by atoms with Crippen LogP contribution < -0.4 is 5.32 Å². The van der Waals surface area contributed by atoms with Crippen LogP contribution in [0.25, 0.3) is 21.3 Å². The SMILES string of the molecule is CN(C)CCNC(=O)c1cccc(CN(C(=O)c2nc3ccc(-c4cn[nH]c4)cc3s2)C2CC2)c1. The number of benzene rings is 2. The lowest BCUT2D eigenvalue weighted by Crippen LogP contribution is -2.33. The van der Waals surface area contributed by atoms with Gasteiger partial charge >= 0.3 is 0 Å². The summed E-state index contributed by atoms with van der Waals surface area (Å²) in [5.74, 6) is -0.156. The Morgan fingerprint density at radius 3 is 2.74 bits per heavy atom. The molecule has 2 amide bonds. The molecular formula is C26H28N6O2S. The molecule has 0 atom stereocenters. The predicted molar refractivity (Wildman–Crippen MR) is 137 cm³/mol. The molecular weight excluding hydrogens is 460 g/mol. The molecule has 4 aromatic rings. The van der Waals surface area contributed by atoms with Crippen molar-refractivity contribution in [2.24, 2.45) is 0 Å². The Morgan fingerprint density at radius 2 is 2.00 bits per heavy atom. The Balaban J connectivity index is 1.33. The Bertz CT molecular complexity index is 1340. The molecule has 180 valence electrons. The van der Waals surface area contributed by atoms with Crippen LogP contribution in [0.4, 0.5) is 0 Å². The molecule has 0 saturated heterocycles. The van der Waals surface area contributed by atoms with Crippen molar-refractivity contribution in [3.05, 3.63) is 71.0 Å². The molecule has 0 radical (unpaired) electrons. The van der Waals surface area contributed by atoms with Crippen LogP contribution >= 0.6 is 11.3 Å². The van der Waals surface area contributed by atoms with Gasteiger partial charge in [-0.25, -0.2) is 4.98 Å². The van der Waals surface area contributed by atoms with Crippen molar-refractivity contribution in [3.63, 3.8) is 0 Å².